The van der Waals surface area contributed by atoms with E-state index in [1.54, 1.807) is 24.5 Å². The zero-order valence-electron chi connectivity index (χ0n) is 24.4. The van der Waals surface area contributed by atoms with Crippen LogP contribution in [0.1, 0.15) is 66.5 Å². The minimum atomic E-state index is -4.58. The van der Waals surface area contributed by atoms with Gasteiger partial charge in [0, 0.05) is 42.6 Å². The first-order valence-corrected chi connectivity index (χ1v) is 15.3. The number of nitrogens with one attached hydrogen (secondary N) is 1. The number of carbonyl (C=O) groups excluding carboxylic acids is 1. The van der Waals surface area contributed by atoms with Crippen molar-refractivity contribution in [2.75, 3.05) is 37.0 Å². The molecule has 4 rings (SSSR count). The van der Waals surface area contributed by atoms with Gasteiger partial charge in [-0.05, 0) is 36.8 Å². The molecule has 3 aromatic rings. The predicted octanol–water partition coefficient (Wildman–Crippen LogP) is 4.51. The van der Waals surface area contributed by atoms with Gasteiger partial charge in [0.05, 0.1) is 41.7 Å². The van der Waals surface area contributed by atoms with Crippen LogP contribution >= 0.6 is 0 Å². The van der Waals surface area contributed by atoms with Crippen LogP contribution in [0, 0.1) is 6.92 Å². The third-order valence-corrected chi connectivity index (χ3v) is 8.90. The van der Waals surface area contributed by atoms with Gasteiger partial charge in [0.2, 0.25) is 0 Å². The molecule has 0 aliphatic carbocycles. The van der Waals surface area contributed by atoms with Crippen molar-refractivity contribution in [1.29, 1.82) is 0 Å². The zero-order valence-corrected chi connectivity index (χ0v) is 25.2. The summed E-state index contributed by atoms with van der Waals surface area (Å²) in [5, 5.41) is 2.74. The number of anilines is 1. The lowest BCUT2D eigenvalue weighted by Gasteiger charge is -2.30. The molecule has 0 spiro atoms. The smallest absolute Gasteiger partial charge is 0.378 e. The number of morpholine rings is 1. The van der Waals surface area contributed by atoms with Crippen LogP contribution in [-0.2, 0) is 39.3 Å². The lowest BCUT2D eigenvalue weighted by Crippen LogP contribution is -2.36. The zero-order chi connectivity index (χ0) is 30.9. The Balaban J connectivity index is 1.61. The fourth-order valence-electron chi connectivity index (χ4n) is 4.79. The molecule has 0 radical (unpaired) electrons. The molecule has 9 nitrogen and oxygen atoms in total. The summed E-state index contributed by atoms with van der Waals surface area (Å²) in [4.78, 5) is 23.9. The summed E-state index contributed by atoms with van der Waals surface area (Å²) in [5.74, 6) is -0.0871. The average molecular weight is 608 g/mol. The van der Waals surface area contributed by atoms with Crippen LogP contribution < -0.4 is 10.2 Å². The monoisotopic (exact) mass is 607 g/mol. The molecule has 1 N–H and O–H groups in total. The maximum absolute atomic E-state index is 14.3. The molecule has 42 heavy (non-hydrogen) atoms. The third kappa shape index (κ3) is 6.95. The van der Waals surface area contributed by atoms with Gasteiger partial charge in [-0.2, -0.15) is 13.2 Å². The van der Waals surface area contributed by atoms with Crippen LogP contribution in [0.25, 0.3) is 0 Å². The van der Waals surface area contributed by atoms with Crippen LogP contribution in [0.2, 0.25) is 0 Å². The minimum absolute atomic E-state index is 0.0175. The molecular weight excluding hydrogens is 571 g/mol. The molecule has 0 atom stereocenters. The molecule has 13 heteroatoms. The number of pyridine rings is 1. The van der Waals surface area contributed by atoms with Gasteiger partial charge >= 0.3 is 6.18 Å². The van der Waals surface area contributed by atoms with Crippen molar-refractivity contribution in [3.05, 3.63) is 70.6 Å². The number of aromatic nitrogens is 3. The quantitative estimate of drug-likeness (QED) is 0.402. The van der Waals surface area contributed by atoms with E-state index in [2.05, 4.69) is 15.3 Å². The molecular formula is C29H36F3N5O4S. The van der Waals surface area contributed by atoms with Crippen molar-refractivity contribution in [3.8, 4) is 0 Å². The average Bonchev–Trinajstić information content (AvgIpc) is 3.28. The van der Waals surface area contributed by atoms with Gasteiger partial charge < -0.3 is 19.5 Å². The Bertz CT molecular complexity index is 1540. The van der Waals surface area contributed by atoms with Crippen molar-refractivity contribution in [3.63, 3.8) is 0 Å². The normalized spacial score (nSPS) is 14.7. The molecule has 2 aromatic heterocycles. The highest BCUT2D eigenvalue weighted by Gasteiger charge is 2.35. The topological polar surface area (TPSA) is 106 Å². The minimum Gasteiger partial charge on any atom is -0.378 e. The molecule has 1 aliphatic rings. The molecule has 0 saturated carbocycles. The Hall–Kier alpha value is -3.45. The number of sulfone groups is 1. The molecule has 1 saturated heterocycles. The first kappa shape index (κ1) is 31.5. The van der Waals surface area contributed by atoms with Crippen molar-refractivity contribution in [2.45, 2.75) is 64.2 Å². The van der Waals surface area contributed by atoms with E-state index in [9.17, 15) is 26.4 Å². The maximum Gasteiger partial charge on any atom is 0.416 e. The molecule has 1 aromatic carbocycles. The van der Waals surface area contributed by atoms with Crippen LogP contribution in [0.5, 0.6) is 0 Å². The van der Waals surface area contributed by atoms with E-state index in [1.165, 1.54) is 30.5 Å². The summed E-state index contributed by atoms with van der Waals surface area (Å²) in [6.45, 7) is 10.7. The number of carbonyl (C=O) groups is 1. The van der Waals surface area contributed by atoms with Crippen molar-refractivity contribution < 1.29 is 31.1 Å². The summed E-state index contributed by atoms with van der Waals surface area (Å²) < 4.78 is 73.8. The van der Waals surface area contributed by atoms with Gasteiger partial charge in [-0.1, -0.05) is 33.8 Å². The van der Waals surface area contributed by atoms with E-state index >= 15 is 0 Å². The highest BCUT2D eigenvalue weighted by molar-refractivity contribution is 7.91. The second-order valence-corrected chi connectivity index (χ2v) is 13.5. The summed E-state index contributed by atoms with van der Waals surface area (Å²) in [5.41, 5.74) is 0.235. The molecule has 1 amide bonds. The number of ether oxygens (including phenoxy) is 1. The van der Waals surface area contributed by atoms with Gasteiger partial charge in [-0.25, -0.2) is 13.4 Å². The number of halogens is 3. The van der Waals surface area contributed by atoms with E-state index in [1.807, 2.05) is 25.7 Å². The summed E-state index contributed by atoms with van der Waals surface area (Å²) in [6.07, 6.45) is -3.33. The predicted molar refractivity (Wildman–Crippen MR) is 152 cm³/mol. The summed E-state index contributed by atoms with van der Waals surface area (Å²) in [7, 11) is -3.40. The molecule has 228 valence electrons. The number of benzene rings is 1. The van der Waals surface area contributed by atoms with E-state index in [-0.39, 0.29) is 35.0 Å². The first-order chi connectivity index (χ1) is 19.6. The Kier molecular flexibility index (Phi) is 9.02. The van der Waals surface area contributed by atoms with E-state index in [4.69, 9.17) is 4.74 Å². The van der Waals surface area contributed by atoms with Gasteiger partial charge in [0.1, 0.15) is 11.5 Å². The molecule has 0 unspecified atom stereocenters. The first-order valence-electron chi connectivity index (χ1n) is 13.7. The summed E-state index contributed by atoms with van der Waals surface area (Å²) >= 11 is 0. The Morgan fingerprint density at radius 3 is 2.36 bits per heavy atom. The van der Waals surface area contributed by atoms with Crippen molar-refractivity contribution >= 4 is 21.4 Å². The van der Waals surface area contributed by atoms with Crippen LogP contribution in [0.15, 0.2) is 41.4 Å². The van der Waals surface area contributed by atoms with Crippen molar-refractivity contribution in [1.82, 2.24) is 19.9 Å². The third-order valence-electron chi connectivity index (χ3n) is 7.18. The van der Waals surface area contributed by atoms with E-state index < -0.39 is 32.9 Å². The van der Waals surface area contributed by atoms with Crippen LogP contribution in [0.4, 0.5) is 18.9 Å². The number of nitrogens with zero attached hydrogens (tertiary/aromatic N) is 4. The van der Waals surface area contributed by atoms with Gasteiger partial charge in [-0.15, -0.1) is 0 Å². The van der Waals surface area contributed by atoms with Gasteiger partial charge in [0.15, 0.2) is 9.84 Å². The highest BCUT2D eigenvalue weighted by atomic mass is 32.2. The van der Waals surface area contributed by atoms with Crippen molar-refractivity contribution in [2.24, 2.45) is 0 Å². The number of hydrogen-bond acceptors (Lipinski definition) is 7. The number of rotatable bonds is 8. The molecule has 3 heterocycles. The number of hydrogen-bond donors (Lipinski definition) is 1. The SMILES string of the molecule is CCS(=O)(=O)c1ccc(CNC(=O)c2nc(C(C)(C)C)n(Cc3ccc(N4CCOCC4)cc3C(F)(F)F)c2C)nc1. The lowest BCUT2D eigenvalue weighted by atomic mass is 9.95. The van der Waals surface area contributed by atoms with Gasteiger partial charge in [-0.3, -0.25) is 9.78 Å². The Morgan fingerprint density at radius 1 is 1.10 bits per heavy atom. The molecule has 1 aliphatic heterocycles. The summed E-state index contributed by atoms with van der Waals surface area (Å²) in [6, 6.07) is 7.33. The fraction of sp³-hybridized carbons (Fsp3) is 0.483. The number of amides is 1. The van der Waals surface area contributed by atoms with Gasteiger partial charge in [0.25, 0.3) is 5.91 Å². The standard InChI is InChI=1S/C29H36F3N5O4S/c1-6-42(39,40)23-10-8-21(33-17-23)16-34-26(38)25-19(2)37(27(35-25)28(3,4)5)18-20-7-9-22(15-24(20)29(30,31)32)36-11-13-41-14-12-36/h7-10,15,17H,6,11-14,16,18H2,1-5H3,(H,34,38). The second-order valence-electron chi connectivity index (χ2n) is 11.2. The fourth-order valence-corrected chi connectivity index (χ4v) is 5.61. The van der Waals surface area contributed by atoms with E-state index in [0.29, 0.717) is 49.2 Å². The number of alkyl halides is 3. The molecule has 0 bridgehead atoms. The van der Waals surface area contributed by atoms with E-state index in [0.717, 1.165) is 0 Å². The Labute approximate surface area is 244 Å². The maximum atomic E-state index is 14.3. The Morgan fingerprint density at radius 2 is 1.79 bits per heavy atom. The lowest BCUT2D eigenvalue weighted by molar-refractivity contribution is -0.138. The van der Waals surface area contributed by atoms with Crippen LogP contribution in [0.3, 0.4) is 0 Å². The highest BCUT2D eigenvalue weighted by Crippen LogP contribution is 2.36. The van der Waals surface area contributed by atoms with Crippen LogP contribution in [-0.4, -0.2) is 60.9 Å². The number of imidazole rings is 1. The largest absolute Gasteiger partial charge is 0.416 e. The second kappa shape index (κ2) is 12.0. The molecule has 1 fully saturated rings.